The highest BCUT2D eigenvalue weighted by atomic mass is 32.2. The molecule has 0 saturated heterocycles. The molecule has 0 unspecified atom stereocenters. The van der Waals surface area contributed by atoms with E-state index in [1.807, 2.05) is 13.8 Å². The molecule has 0 bridgehead atoms. The van der Waals surface area contributed by atoms with Crippen LogP contribution in [0.1, 0.15) is 45.1 Å². The number of hydrogen-bond acceptors (Lipinski definition) is 4. The summed E-state index contributed by atoms with van der Waals surface area (Å²) >= 11 is 0. The Balaban J connectivity index is 2.74. The van der Waals surface area contributed by atoms with Gasteiger partial charge in [0.1, 0.15) is 5.69 Å². The molecule has 0 atom stereocenters. The minimum Gasteiger partial charge on any atom is -0.212 e. The van der Waals surface area contributed by atoms with Crippen LogP contribution in [-0.4, -0.2) is 14.5 Å². The van der Waals surface area contributed by atoms with Gasteiger partial charge in [-0.05, 0) is 35.7 Å². The van der Waals surface area contributed by atoms with Gasteiger partial charge in [-0.2, -0.15) is 0 Å². The molecule has 5 nitrogen and oxygen atoms in total. The van der Waals surface area contributed by atoms with Crippen molar-refractivity contribution in [2.75, 3.05) is 0 Å². The fourth-order valence-electron chi connectivity index (χ4n) is 2.18. The van der Waals surface area contributed by atoms with Crippen LogP contribution >= 0.6 is 0 Å². The van der Waals surface area contributed by atoms with Gasteiger partial charge in [0.25, 0.3) is 0 Å². The summed E-state index contributed by atoms with van der Waals surface area (Å²) < 4.78 is 27.0. The summed E-state index contributed by atoms with van der Waals surface area (Å²) in [5.74, 6) is -0.125. The molecule has 0 fully saturated rings. The Kier molecular flexibility index (Phi) is 6.81. The Hall–Kier alpha value is -1.27. The third kappa shape index (κ3) is 5.79. The molecule has 112 valence electrons. The largest absolute Gasteiger partial charge is 0.216 e. The zero-order valence-electron chi connectivity index (χ0n) is 12.0. The third-order valence-electron chi connectivity index (χ3n) is 2.99. The highest BCUT2D eigenvalue weighted by molar-refractivity contribution is 7.88. The fourth-order valence-corrected chi connectivity index (χ4v) is 3.62. The number of nitrogens with one attached hydrogen (secondary N) is 1. The second-order valence-corrected chi connectivity index (χ2v) is 6.67. The lowest BCUT2D eigenvalue weighted by Gasteiger charge is -2.17. The molecular weight excluding hydrogens is 276 g/mol. The van der Waals surface area contributed by atoms with Gasteiger partial charge >= 0.3 is 0 Å². The minimum atomic E-state index is -3.40. The summed E-state index contributed by atoms with van der Waals surface area (Å²) in [7, 11) is -3.40. The zero-order chi connectivity index (χ0) is 15.0. The van der Waals surface area contributed by atoms with E-state index in [4.69, 9.17) is 0 Å². The van der Waals surface area contributed by atoms with Crippen LogP contribution in [0.15, 0.2) is 29.4 Å². The highest BCUT2D eigenvalue weighted by Crippen LogP contribution is 2.16. The molecule has 1 rings (SSSR count). The van der Waals surface area contributed by atoms with Crippen LogP contribution in [0.4, 0.5) is 5.69 Å². The third-order valence-corrected chi connectivity index (χ3v) is 4.40. The first kappa shape index (κ1) is 16.8. The molecule has 0 aromatic heterocycles. The Bertz CT molecular complexity index is 523. The van der Waals surface area contributed by atoms with Crippen molar-refractivity contribution in [1.29, 1.82) is 0 Å². The molecule has 0 aliphatic heterocycles. The number of rotatable bonds is 9. The van der Waals surface area contributed by atoms with Gasteiger partial charge in [-0.1, -0.05) is 38.8 Å². The van der Waals surface area contributed by atoms with Crippen molar-refractivity contribution in [3.63, 3.8) is 0 Å². The van der Waals surface area contributed by atoms with E-state index in [9.17, 15) is 13.3 Å². The normalized spacial score (nSPS) is 11.8. The van der Waals surface area contributed by atoms with E-state index in [-0.39, 0.29) is 17.5 Å². The van der Waals surface area contributed by atoms with Crippen LogP contribution in [0.2, 0.25) is 0 Å². The number of benzene rings is 1. The Morgan fingerprint density at radius 2 is 1.85 bits per heavy atom. The molecule has 0 amide bonds. The molecule has 1 aromatic carbocycles. The molecule has 6 heteroatoms. The van der Waals surface area contributed by atoms with Gasteiger partial charge in [0, 0.05) is 6.04 Å². The maximum atomic E-state index is 12.1. The lowest BCUT2D eigenvalue weighted by molar-refractivity contribution is 0.493. The van der Waals surface area contributed by atoms with Gasteiger partial charge in [0.05, 0.1) is 5.75 Å². The summed E-state index contributed by atoms with van der Waals surface area (Å²) in [6.45, 7) is 4.08. The average Bonchev–Trinajstić information content (AvgIpc) is 2.38. The van der Waals surface area contributed by atoms with Crippen LogP contribution in [0.25, 0.3) is 0 Å². The monoisotopic (exact) mass is 298 g/mol. The van der Waals surface area contributed by atoms with Crippen molar-refractivity contribution in [3.8, 4) is 0 Å². The van der Waals surface area contributed by atoms with Crippen molar-refractivity contribution in [2.24, 2.45) is 5.18 Å². The van der Waals surface area contributed by atoms with Crippen molar-refractivity contribution in [1.82, 2.24) is 4.72 Å². The maximum Gasteiger partial charge on any atom is 0.216 e. The van der Waals surface area contributed by atoms with Crippen LogP contribution in [0.3, 0.4) is 0 Å². The molecule has 0 radical (unpaired) electrons. The number of nitrogens with zero attached hydrogens (tertiary/aromatic N) is 1. The van der Waals surface area contributed by atoms with Gasteiger partial charge in [0.15, 0.2) is 0 Å². The van der Waals surface area contributed by atoms with Crippen molar-refractivity contribution in [3.05, 3.63) is 34.7 Å². The molecule has 20 heavy (non-hydrogen) atoms. The van der Waals surface area contributed by atoms with E-state index >= 15 is 0 Å². The number of nitroso groups, excluding NO2 is 1. The summed E-state index contributed by atoms with van der Waals surface area (Å²) in [5.41, 5.74) is 0.817. The molecule has 0 aliphatic carbocycles. The van der Waals surface area contributed by atoms with Gasteiger partial charge in [-0.3, -0.25) is 0 Å². The van der Waals surface area contributed by atoms with Crippen molar-refractivity contribution >= 4 is 15.7 Å². The fraction of sp³-hybridized carbons (Fsp3) is 0.571. The first-order valence-corrected chi connectivity index (χ1v) is 8.58. The SMILES string of the molecule is CCCC(CCC)NS(=O)(=O)Cc1cccc(N=O)c1. The van der Waals surface area contributed by atoms with E-state index in [0.29, 0.717) is 5.56 Å². The van der Waals surface area contributed by atoms with Crippen LogP contribution < -0.4 is 4.72 Å². The Morgan fingerprint density at radius 3 is 2.40 bits per heavy atom. The average molecular weight is 298 g/mol. The van der Waals surface area contributed by atoms with E-state index in [0.717, 1.165) is 25.7 Å². The van der Waals surface area contributed by atoms with E-state index in [2.05, 4.69) is 9.90 Å². The molecule has 0 aliphatic rings. The second kappa shape index (κ2) is 8.11. The molecule has 0 saturated carbocycles. The smallest absolute Gasteiger partial charge is 0.212 e. The molecule has 0 spiro atoms. The molecule has 1 aromatic rings. The molecular formula is C14H22N2O3S. The van der Waals surface area contributed by atoms with E-state index in [1.165, 1.54) is 6.07 Å². The minimum absolute atomic E-state index is 0.0117. The van der Waals surface area contributed by atoms with Gasteiger partial charge in [0.2, 0.25) is 10.0 Å². The first-order chi connectivity index (χ1) is 9.50. The predicted molar refractivity (Wildman–Crippen MR) is 81.3 cm³/mol. The quantitative estimate of drug-likeness (QED) is 0.709. The second-order valence-electron chi connectivity index (χ2n) is 4.91. The summed E-state index contributed by atoms with van der Waals surface area (Å²) in [6.07, 6.45) is 3.56. The zero-order valence-corrected chi connectivity index (χ0v) is 12.8. The van der Waals surface area contributed by atoms with Crippen LogP contribution in [0, 0.1) is 4.91 Å². The predicted octanol–water partition coefficient (Wildman–Crippen LogP) is 3.47. The standard InChI is InChI=1S/C14H22N2O3S/c1-3-6-13(7-4-2)16-20(18,19)11-12-8-5-9-14(10-12)15-17/h5,8-10,13,16H,3-4,6-7,11H2,1-2H3. The lowest BCUT2D eigenvalue weighted by atomic mass is 10.1. The van der Waals surface area contributed by atoms with Crippen molar-refractivity contribution in [2.45, 2.75) is 51.3 Å². The molecule has 0 heterocycles. The van der Waals surface area contributed by atoms with Crippen LogP contribution in [0.5, 0.6) is 0 Å². The van der Waals surface area contributed by atoms with Crippen LogP contribution in [-0.2, 0) is 15.8 Å². The molecule has 1 N–H and O–H groups in total. The highest BCUT2D eigenvalue weighted by Gasteiger charge is 2.17. The lowest BCUT2D eigenvalue weighted by Crippen LogP contribution is -2.35. The van der Waals surface area contributed by atoms with Gasteiger partial charge < -0.3 is 0 Å². The van der Waals surface area contributed by atoms with Gasteiger partial charge in [-0.15, -0.1) is 4.91 Å². The number of hydrogen-bond donors (Lipinski definition) is 1. The van der Waals surface area contributed by atoms with Gasteiger partial charge in [-0.25, -0.2) is 13.1 Å². The number of sulfonamides is 1. The Morgan fingerprint density at radius 1 is 1.20 bits per heavy atom. The summed E-state index contributed by atoms with van der Waals surface area (Å²) in [4.78, 5) is 10.5. The maximum absolute atomic E-state index is 12.1. The van der Waals surface area contributed by atoms with E-state index in [1.54, 1.807) is 18.2 Å². The first-order valence-electron chi connectivity index (χ1n) is 6.93. The van der Waals surface area contributed by atoms with Crippen molar-refractivity contribution < 1.29 is 8.42 Å². The van der Waals surface area contributed by atoms with E-state index < -0.39 is 10.0 Å². The topological polar surface area (TPSA) is 75.6 Å². The summed E-state index contributed by atoms with van der Waals surface area (Å²) in [5, 5.41) is 2.82. The summed E-state index contributed by atoms with van der Waals surface area (Å²) in [6, 6.07) is 6.36. The Labute approximate surface area is 120 Å².